The van der Waals surface area contributed by atoms with Gasteiger partial charge in [0.2, 0.25) is 0 Å². The minimum atomic E-state index is -4.60. The topological polar surface area (TPSA) is 29.1 Å². The first-order chi connectivity index (χ1) is 8.21. The Hall–Kier alpha value is -1.59. The molecule has 0 bridgehead atoms. The lowest BCUT2D eigenvalue weighted by atomic mass is 10.1. The molecule has 1 N–H and O–H groups in total. The molecule has 1 amide bonds. The van der Waals surface area contributed by atoms with Crippen molar-refractivity contribution in [1.82, 2.24) is 5.32 Å². The summed E-state index contributed by atoms with van der Waals surface area (Å²) in [5, 5.41) is 2.37. The van der Waals surface area contributed by atoms with E-state index in [0.29, 0.717) is 18.2 Å². The first-order valence-electron chi connectivity index (χ1n) is 5.36. The molecule has 0 saturated heterocycles. The van der Waals surface area contributed by atoms with E-state index >= 15 is 0 Å². The highest BCUT2D eigenvalue weighted by Gasteiger charge is 2.31. The van der Waals surface area contributed by atoms with E-state index in [4.69, 9.17) is 0 Å². The third kappa shape index (κ3) is 3.72. The molecule has 0 atom stereocenters. The average Bonchev–Trinajstić information content (AvgIpc) is 2.24. The lowest BCUT2D eigenvalue weighted by Gasteiger charge is -2.11. The Kier molecular flexibility index (Phi) is 4.32. The van der Waals surface area contributed by atoms with Crippen molar-refractivity contribution in [2.45, 2.75) is 20.0 Å². The van der Waals surface area contributed by atoms with Gasteiger partial charge in [-0.3, -0.25) is 4.79 Å². The smallest absolute Gasteiger partial charge is 0.352 e. The molecule has 1 aromatic carbocycles. The van der Waals surface area contributed by atoms with Gasteiger partial charge in [0.15, 0.2) is 0 Å². The summed E-state index contributed by atoms with van der Waals surface area (Å²) in [7, 11) is 0. The van der Waals surface area contributed by atoms with Gasteiger partial charge in [0, 0.05) is 6.54 Å². The van der Waals surface area contributed by atoms with Crippen LogP contribution >= 0.6 is 0 Å². The van der Waals surface area contributed by atoms with E-state index < -0.39 is 29.0 Å². The van der Waals surface area contributed by atoms with Crippen LogP contribution in [0.4, 0.5) is 17.6 Å². The maximum atomic E-state index is 13.3. The molecule has 6 heteroatoms. The average molecular weight is 263 g/mol. The first-order valence-corrected chi connectivity index (χ1v) is 5.36. The third-order valence-electron chi connectivity index (χ3n) is 2.21. The van der Waals surface area contributed by atoms with Crippen LogP contribution in [0.3, 0.4) is 0 Å². The molecule has 0 radical (unpaired) electrons. The maximum Gasteiger partial charge on any atom is 0.416 e. The molecule has 1 rings (SSSR count). The summed E-state index contributed by atoms with van der Waals surface area (Å²) in [6, 6.07) is 1.77. The molecule has 1 aromatic rings. The summed E-state index contributed by atoms with van der Waals surface area (Å²) in [5.74, 6) is -1.68. The van der Waals surface area contributed by atoms with Gasteiger partial charge in [-0.15, -0.1) is 0 Å². The molecule has 0 aliphatic heterocycles. The summed E-state index contributed by atoms with van der Waals surface area (Å²) in [6.45, 7) is 3.92. The Morgan fingerprint density at radius 2 is 1.94 bits per heavy atom. The molecule has 0 spiro atoms. The Labute approximate surface area is 102 Å². The fourth-order valence-corrected chi connectivity index (χ4v) is 1.27. The number of hydrogen-bond acceptors (Lipinski definition) is 1. The van der Waals surface area contributed by atoms with Crippen LogP contribution in [0.5, 0.6) is 0 Å². The Balaban J connectivity index is 2.97. The number of amides is 1. The predicted molar refractivity (Wildman–Crippen MR) is 58.6 cm³/mol. The molecular formula is C12H13F4NO. The van der Waals surface area contributed by atoms with Crippen LogP contribution in [0.25, 0.3) is 0 Å². The van der Waals surface area contributed by atoms with Crippen molar-refractivity contribution >= 4 is 5.91 Å². The molecule has 0 saturated carbocycles. The lowest BCUT2D eigenvalue weighted by molar-refractivity contribution is -0.137. The molecule has 0 heterocycles. The summed E-state index contributed by atoms with van der Waals surface area (Å²) < 4.78 is 50.6. The van der Waals surface area contributed by atoms with E-state index in [1.165, 1.54) is 0 Å². The van der Waals surface area contributed by atoms with E-state index in [1.54, 1.807) is 0 Å². The maximum absolute atomic E-state index is 13.3. The highest BCUT2D eigenvalue weighted by molar-refractivity contribution is 5.94. The van der Waals surface area contributed by atoms with E-state index in [9.17, 15) is 22.4 Å². The van der Waals surface area contributed by atoms with Crippen molar-refractivity contribution in [3.63, 3.8) is 0 Å². The van der Waals surface area contributed by atoms with Gasteiger partial charge in [-0.25, -0.2) is 4.39 Å². The second-order valence-corrected chi connectivity index (χ2v) is 4.30. The van der Waals surface area contributed by atoms with Crippen LogP contribution in [-0.2, 0) is 6.18 Å². The quantitative estimate of drug-likeness (QED) is 0.833. The van der Waals surface area contributed by atoms with Gasteiger partial charge in [-0.05, 0) is 24.1 Å². The van der Waals surface area contributed by atoms with Gasteiger partial charge in [-0.2, -0.15) is 13.2 Å². The fourth-order valence-electron chi connectivity index (χ4n) is 1.27. The van der Waals surface area contributed by atoms with Crippen molar-refractivity contribution in [3.05, 3.63) is 35.1 Å². The zero-order valence-corrected chi connectivity index (χ0v) is 9.94. The van der Waals surface area contributed by atoms with Gasteiger partial charge >= 0.3 is 6.18 Å². The summed E-state index contributed by atoms with van der Waals surface area (Å²) in [6.07, 6.45) is -4.60. The van der Waals surface area contributed by atoms with E-state index in [2.05, 4.69) is 5.32 Å². The summed E-state index contributed by atoms with van der Waals surface area (Å²) in [4.78, 5) is 11.5. The molecule has 0 unspecified atom stereocenters. The van der Waals surface area contributed by atoms with Crippen LogP contribution in [-0.4, -0.2) is 12.5 Å². The number of rotatable bonds is 3. The number of hydrogen-bond donors (Lipinski definition) is 1. The molecule has 0 aromatic heterocycles. The van der Waals surface area contributed by atoms with Crippen LogP contribution < -0.4 is 5.32 Å². The first kappa shape index (κ1) is 14.5. The Morgan fingerprint density at radius 1 is 1.33 bits per heavy atom. The van der Waals surface area contributed by atoms with Crippen molar-refractivity contribution in [2.24, 2.45) is 5.92 Å². The van der Waals surface area contributed by atoms with Gasteiger partial charge in [0.1, 0.15) is 5.82 Å². The normalized spacial score (nSPS) is 11.7. The Bertz CT molecular complexity index is 440. The van der Waals surface area contributed by atoms with Crippen molar-refractivity contribution in [2.75, 3.05) is 6.54 Å². The number of benzene rings is 1. The van der Waals surface area contributed by atoms with Gasteiger partial charge < -0.3 is 5.32 Å². The predicted octanol–water partition coefficient (Wildman–Crippen LogP) is 3.23. The highest BCUT2D eigenvalue weighted by atomic mass is 19.4. The molecular weight excluding hydrogens is 250 g/mol. The molecule has 0 aliphatic carbocycles. The van der Waals surface area contributed by atoms with Crippen molar-refractivity contribution in [1.29, 1.82) is 0 Å². The zero-order chi connectivity index (χ0) is 13.9. The lowest BCUT2D eigenvalue weighted by Crippen LogP contribution is -2.28. The van der Waals surface area contributed by atoms with Gasteiger partial charge in [0.05, 0.1) is 11.1 Å². The summed E-state index contributed by atoms with van der Waals surface area (Å²) in [5.41, 5.74) is -1.64. The zero-order valence-electron chi connectivity index (χ0n) is 9.94. The monoisotopic (exact) mass is 263 g/mol. The van der Waals surface area contributed by atoms with Crippen LogP contribution in [0, 0.1) is 11.7 Å². The number of nitrogens with one attached hydrogen (secondary N) is 1. The minimum absolute atomic E-state index is 0.128. The second-order valence-electron chi connectivity index (χ2n) is 4.30. The van der Waals surface area contributed by atoms with E-state index in [1.807, 2.05) is 13.8 Å². The largest absolute Gasteiger partial charge is 0.416 e. The van der Waals surface area contributed by atoms with Crippen LogP contribution in [0.2, 0.25) is 0 Å². The Morgan fingerprint density at radius 3 is 2.44 bits per heavy atom. The van der Waals surface area contributed by atoms with E-state index in [0.717, 1.165) is 0 Å². The van der Waals surface area contributed by atoms with Crippen molar-refractivity contribution in [3.8, 4) is 0 Å². The third-order valence-corrected chi connectivity index (χ3v) is 2.21. The van der Waals surface area contributed by atoms with Crippen LogP contribution in [0.15, 0.2) is 18.2 Å². The molecule has 2 nitrogen and oxygen atoms in total. The molecule has 100 valence electrons. The van der Waals surface area contributed by atoms with Gasteiger partial charge in [0.25, 0.3) is 5.91 Å². The van der Waals surface area contributed by atoms with Crippen molar-refractivity contribution < 1.29 is 22.4 Å². The molecule has 0 aliphatic rings. The summed E-state index contributed by atoms with van der Waals surface area (Å²) >= 11 is 0. The number of halogens is 4. The molecule has 0 fully saturated rings. The van der Waals surface area contributed by atoms with E-state index in [-0.39, 0.29) is 12.5 Å². The second kappa shape index (κ2) is 5.37. The van der Waals surface area contributed by atoms with Crippen LogP contribution in [0.1, 0.15) is 29.8 Å². The highest BCUT2D eigenvalue weighted by Crippen LogP contribution is 2.30. The molecule has 18 heavy (non-hydrogen) atoms. The minimum Gasteiger partial charge on any atom is -0.352 e. The SMILES string of the molecule is CC(C)CNC(=O)c1cc(C(F)(F)F)ccc1F. The number of alkyl halides is 3. The fraction of sp³-hybridized carbons (Fsp3) is 0.417. The standard InChI is InChI=1S/C12H13F4NO/c1-7(2)6-17-11(18)9-5-8(12(14,15)16)3-4-10(9)13/h3-5,7H,6H2,1-2H3,(H,17,18). The van der Waals surface area contributed by atoms with Gasteiger partial charge in [-0.1, -0.05) is 13.8 Å². The number of carbonyl (C=O) groups excluding carboxylic acids is 1. The number of carbonyl (C=O) groups is 1.